The number of fused-ring (bicyclic) bond motifs is 2. The second kappa shape index (κ2) is 7.67. The van der Waals surface area contributed by atoms with Gasteiger partial charge < -0.3 is 20.1 Å². The lowest BCUT2D eigenvalue weighted by Crippen LogP contribution is -2.25. The summed E-state index contributed by atoms with van der Waals surface area (Å²) in [5, 5.41) is 12.2. The van der Waals surface area contributed by atoms with Crippen LogP contribution in [0.1, 0.15) is 23.2 Å². The number of carbonyl (C=O) groups is 2. The number of rotatable bonds is 6. The van der Waals surface area contributed by atoms with Crippen LogP contribution in [0.3, 0.4) is 0 Å². The molecule has 1 heterocycles. The van der Waals surface area contributed by atoms with Crippen molar-refractivity contribution < 1.29 is 19.4 Å². The zero-order valence-electron chi connectivity index (χ0n) is 14.5. The quantitative estimate of drug-likeness (QED) is 0.444. The molecular formula is C19H17ClN2O5. The molecule has 0 saturated carbocycles. The van der Waals surface area contributed by atoms with E-state index in [0.29, 0.717) is 28.6 Å². The number of ether oxygens (including phenoxy) is 1. The highest BCUT2D eigenvalue weighted by Gasteiger charge is 2.17. The Morgan fingerprint density at radius 1 is 1.22 bits per heavy atom. The molecular weight excluding hydrogens is 372 g/mol. The van der Waals surface area contributed by atoms with Crippen molar-refractivity contribution in [3.05, 3.63) is 51.1 Å². The van der Waals surface area contributed by atoms with E-state index in [2.05, 4.69) is 10.3 Å². The van der Waals surface area contributed by atoms with Gasteiger partial charge in [0.15, 0.2) is 5.43 Å². The second-order valence-electron chi connectivity index (χ2n) is 5.94. The number of H-pyrrole nitrogens is 1. The van der Waals surface area contributed by atoms with Crippen molar-refractivity contribution in [2.24, 2.45) is 0 Å². The Morgan fingerprint density at radius 2 is 2.00 bits per heavy atom. The summed E-state index contributed by atoms with van der Waals surface area (Å²) in [6.45, 7) is 0.205. The molecule has 1 aromatic heterocycles. The zero-order valence-corrected chi connectivity index (χ0v) is 15.2. The first-order valence-corrected chi connectivity index (χ1v) is 8.63. The molecule has 140 valence electrons. The van der Waals surface area contributed by atoms with Gasteiger partial charge in [0.1, 0.15) is 5.75 Å². The van der Waals surface area contributed by atoms with Crippen LogP contribution in [-0.4, -0.2) is 35.6 Å². The normalized spacial score (nSPS) is 10.9. The van der Waals surface area contributed by atoms with Crippen molar-refractivity contribution in [2.75, 3.05) is 13.7 Å². The summed E-state index contributed by atoms with van der Waals surface area (Å²) in [5.74, 6) is -0.879. The summed E-state index contributed by atoms with van der Waals surface area (Å²) in [6, 6.07) is 8.09. The first-order valence-electron chi connectivity index (χ1n) is 8.25. The van der Waals surface area contributed by atoms with Crippen molar-refractivity contribution in [3.8, 4) is 5.75 Å². The zero-order chi connectivity index (χ0) is 19.6. The van der Waals surface area contributed by atoms with E-state index in [4.69, 9.17) is 21.4 Å². The summed E-state index contributed by atoms with van der Waals surface area (Å²) in [6.07, 6.45) is 0.264. The standard InChI is InChI=1S/C19H17ClN2O5/c1-27-13-5-2-4-10-16(13)22-17-11(7-8-12(20)15(17)18(10)25)19(26)21-9-3-6-14(23)24/h2,4-5,7-8H,3,6,9H2,1H3,(H,21,26)(H,22,25)(H,23,24). The fraction of sp³-hybridized carbons (Fsp3) is 0.211. The van der Waals surface area contributed by atoms with Crippen LogP contribution in [0.15, 0.2) is 35.1 Å². The van der Waals surface area contributed by atoms with Gasteiger partial charge in [0.05, 0.1) is 34.1 Å². The van der Waals surface area contributed by atoms with Crippen LogP contribution in [0, 0.1) is 0 Å². The molecule has 27 heavy (non-hydrogen) atoms. The molecule has 1 amide bonds. The largest absolute Gasteiger partial charge is 0.495 e. The topological polar surface area (TPSA) is 108 Å². The highest BCUT2D eigenvalue weighted by molar-refractivity contribution is 6.36. The molecule has 3 rings (SSSR count). The monoisotopic (exact) mass is 388 g/mol. The molecule has 8 heteroatoms. The fourth-order valence-electron chi connectivity index (χ4n) is 2.93. The molecule has 0 aliphatic rings. The Labute approximate surface area is 158 Å². The third-order valence-electron chi connectivity index (χ3n) is 4.22. The van der Waals surface area contributed by atoms with Gasteiger partial charge >= 0.3 is 5.97 Å². The number of aromatic nitrogens is 1. The maximum atomic E-state index is 12.9. The van der Waals surface area contributed by atoms with Gasteiger partial charge in [0, 0.05) is 18.4 Å². The van der Waals surface area contributed by atoms with Gasteiger partial charge in [0.2, 0.25) is 0 Å². The lowest BCUT2D eigenvalue weighted by molar-refractivity contribution is -0.137. The fourth-order valence-corrected chi connectivity index (χ4v) is 3.18. The van der Waals surface area contributed by atoms with E-state index >= 15 is 0 Å². The van der Waals surface area contributed by atoms with Crippen molar-refractivity contribution >= 4 is 45.3 Å². The van der Waals surface area contributed by atoms with E-state index < -0.39 is 11.9 Å². The number of carbonyl (C=O) groups excluding carboxylic acids is 1. The number of carboxylic acids is 1. The predicted octanol–water partition coefficient (Wildman–Crippen LogP) is 2.94. The van der Waals surface area contributed by atoms with Crippen LogP contribution in [0.4, 0.5) is 0 Å². The summed E-state index contributed by atoms with van der Waals surface area (Å²) >= 11 is 6.23. The van der Waals surface area contributed by atoms with Gasteiger partial charge in [0.25, 0.3) is 5.91 Å². The average Bonchev–Trinajstić information content (AvgIpc) is 2.64. The Hall–Kier alpha value is -3.06. The van der Waals surface area contributed by atoms with Crippen molar-refractivity contribution in [3.63, 3.8) is 0 Å². The molecule has 0 fully saturated rings. The molecule has 3 aromatic rings. The number of nitrogens with one attached hydrogen (secondary N) is 2. The Morgan fingerprint density at radius 3 is 2.70 bits per heavy atom. The Balaban J connectivity index is 2.11. The molecule has 0 aliphatic heterocycles. The smallest absolute Gasteiger partial charge is 0.303 e. The van der Waals surface area contributed by atoms with Gasteiger partial charge in [-0.3, -0.25) is 14.4 Å². The number of pyridine rings is 1. The van der Waals surface area contributed by atoms with Gasteiger partial charge in [-0.2, -0.15) is 0 Å². The van der Waals surface area contributed by atoms with Gasteiger partial charge in [-0.1, -0.05) is 17.7 Å². The minimum atomic E-state index is -0.927. The molecule has 0 aliphatic carbocycles. The van der Waals surface area contributed by atoms with Crippen molar-refractivity contribution in [1.82, 2.24) is 10.3 Å². The van der Waals surface area contributed by atoms with E-state index in [1.165, 1.54) is 19.2 Å². The Bertz CT molecular complexity index is 1110. The summed E-state index contributed by atoms with van der Waals surface area (Å²) in [7, 11) is 1.49. The number of benzene rings is 2. The van der Waals surface area contributed by atoms with Crippen LogP contribution in [0.25, 0.3) is 21.8 Å². The van der Waals surface area contributed by atoms with E-state index in [1.54, 1.807) is 18.2 Å². The van der Waals surface area contributed by atoms with E-state index in [0.717, 1.165) is 0 Å². The highest BCUT2D eigenvalue weighted by atomic mass is 35.5. The van der Waals surface area contributed by atoms with Crippen LogP contribution in [0.5, 0.6) is 5.75 Å². The maximum absolute atomic E-state index is 12.9. The number of methoxy groups -OCH3 is 1. The number of hydrogen-bond acceptors (Lipinski definition) is 4. The highest BCUT2D eigenvalue weighted by Crippen LogP contribution is 2.28. The minimum absolute atomic E-state index is 0.0414. The summed E-state index contributed by atoms with van der Waals surface area (Å²) in [5.41, 5.74) is 0.720. The van der Waals surface area contributed by atoms with E-state index in [1.807, 2.05) is 0 Å². The third-order valence-corrected chi connectivity index (χ3v) is 4.53. The number of amides is 1. The summed E-state index contributed by atoms with van der Waals surface area (Å²) < 4.78 is 5.30. The van der Waals surface area contributed by atoms with Crippen LogP contribution >= 0.6 is 11.6 Å². The lowest BCUT2D eigenvalue weighted by Gasteiger charge is -2.12. The second-order valence-corrected chi connectivity index (χ2v) is 6.34. The average molecular weight is 389 g/mol. The first kappa shape index (κ1) is 18.7. The molecule has 0 saturated heterocycles. The molecule has 0 atom stereocenters. The van der Waals surface area contributed by atoms with Gasteiger partial charge in [-0.15, -0.1) is 0 Å². The van der Waals surface area contributed by atoms with Gasteiger partial charge in [-0.05, 0) is 30.7 Å². The van der Waals surface area contributed by atoms with Crippen LogP contribution in [0.2, 0.25) is 5.02 Å². The number of carboxylic acid groups (broad SMARTS) is 1. The predicted molar refractivity (Wildman–Crippen MR) is 103 cm³/mol. The van der Waals surface area contributed by atoms with E-state index in [-0.39, 0.29) is 34.4 Å². The van der Waals surface area contributed by atoms with Crippen LogP contribution in [-0.2, 0) is 4.79 Å². The Kier molecular flexibility index (Phi) is 5.32. The number of hydrogen-bond donors (Lipinski definition) is 3. The van der Waals surface area contributed by atoms with Crippen molar-refractivity contribution in [2.45, 2.75) is 12.8 Å². The first-order chi connectivity index (χ1) is 12.9. The lowest BCUT2D eigenvalue weighted by atomic mass is 10.1. The molecule has 3 N–H and O–H groups in total. The maximum Gasteiger partial charge on any atom is 0.303 e. The molecule has 0 unspecified atom stereocenters. The number of halogens is 1. The van der Waals surface area contributed by atoms with E-state index in [9.17, 15) is 14.4 Å². The van der Waals surface area contributed by atoms with Gasteiger partial charge in [-0.25, -0.2) is 0 Å². The molecule has 2 aromatic carbocycles. The molecule has 0 bridgehead atoms. The minimum Gasteiger partial charge on any atom is -0.495 e. The molecule has 0 spiro atoms. The van der Waals surface area contributed by atoms with Crippen molar-refractivity contribution in [1.29, 1.82) is 0 Å². The third kappa shape index (κ3) is 3.59. The van der Waals surface area contributed by atoms with Crippen LogP contribution < -0.4 is 15.5 Å². The number of para-hydroxylation sites is 1. The summed E-state index contributed by atoms with van der Waals surface area (Å²) in [4.78, 5) is 39.2. The molecule has 7 nitrogen and oxygen atoms in total. The molecule has 0 radical (unpaired) electrons. The number of aromatic amines is 1. The number of aliphatic carboxylic acids is 1. The SMILES string of the molecule is COc1cccc2c(=O)c3c(Cl)ccc(C(=O)NCCCC(=O)O)c3[nH]c12.